The van der Waals surface area contributed by atoms with Crippen molar-refractivity contribution in [3.05, 3.63) is 40.1 Å². The lowest BCUT2D eigenvalue weighted by molar-refractivity contribution is 0.0577. The third kappa shape index (κ3) is 2.74. The summed E-state index contributed by atoms with van der Waals surface area (Å²) in [7, 11) is 3.25. The summed E-state index contributed by atoms with van der Waals surface area (Å²) < 4.78 is 1.38. The standard InChI is InChI=1S/C18H12Br4N4O4/c1-23-3-25-15(27)7-5-6-9(13(21)11(7)19)17(29)26(4-24-2)18(30)10(6)14(22)12(20)8(5)16(25)28/h23-24H,3-4H2,1-2H3. The van der Waals surface area contributed by atoms with E-state index < -0.39 is 23.6 Å². The SMILES string of the molecule is CNCN1C(=O)c2c(Br)c(Br)c3c4c(c(Br)c(Br)c(c24)C1=O)C(=O)N(CNC)C3=O. The monoisotopic (exact) mass is 664 g/mol. The van der Waals surface area contributed by atoms with E-state index in [0.29, 0.717) is 17.9 Å². The summed E-state index contributed by atoms with van der Waals surface area (Å²) in [5.74, 6) is -2.12. The predicted molar refractivity (Wildman–Crippen MR) is 124 cm³/mol. The van der Waals surface area contributed by atoms with Gasteiger partial charge < -0.3 is 10.6 Å². The molecule has 2 aromatic rings. The van der Waals surface area contributed by atoms with Crippen molar-refractivity contribution in [2.24, 2.45) is 0 Å². The highest BCUT2D eigenvalue weighted by molar-refractivity contribution is 9.13. The molecule has 2 aliphatic heterocycles. The Bertz CT molecular complexity index is 1040. The molecule has 0 aliphatic carbocycles. The second kappa shape index (κ2) is 7.75. The lowest BCUT2D eigenvalue weighted by Crippen LogP contribution is -2.47. The van der Waals surface area contributed by atoms with Crippen LogP contribution in [0, 0.1) is 0 Å². The summed E-state index contributed by atoms with van der Waals surface area (Å²) in [6.07, 6.45) is 0. The van der Waals surface area contributed by atoms with Crippen LogP contribution in [0.5, 0.6) is 0 Å². The van der Waals surface area contributed by atoms with E-state index in [0.717, 1.165) is 9.80 Å². The predicted octanol–water partition coefficient (Wildman–Crippen LogP) is 3.44. The van der Waals surface area contributed by atoms with Crippen molar-refractivity contribution >= 4 is 98.1 Å². The molecule has 4 amide bonds. The first-order chi connectivity index (χ1) is 14.2. The van der Waals surface area contributed by atoms with E-state index in [-0.39, 0.29) is 46.4 Å². The molecule has 0 spiro atoms. The highest BCUT2D eigenvalue weighted by atomic mass is 79.9. The van der Waals surface area contributed by atoms with E-state index in [1.807, 2.05) is 0 Å². The Balaban J connectivity index is 2.24. The molecule has 12 heteroatoms. The molecular weight excluding hydrogens is 656 g/mol. The minimum Gasteiger partial charge on any atom is -0.302 e. The van der Waals surface area contributed by atoms with Crippen LogP contribution in [0.3, 0.4) is 0 Å². The zero-order valence-electron chi connectivity index (χ0n) is 15.5. The van der Waals surface area contributed by atoms with Crippen molar-refractivity contribution in [3.63, 3.8) is 0 Å². The zero-order valence-corrected chi connectivity index (χ0v) is 21.8. The maximum Gasteiger partial charge on any atom is 0.263 e. The van der Waals surface area contributed by atoms with Crippen molar-refractivity contribution in [3.8, 4) is 0 Å². The minimum atomic E-state index is -0.529. The Morgan fingerprint density at radius 3 is 1.00 bits per heavy atom. The Morgan fingerprint density at radius 2 is 0.800 bits per heavy atom. The molecule has 0 unspecified atom stereocenters. The van der Waals surface area contributed by atoms with E-state index in [2.05, 4.69) is 74.4 Å². The van der Waals surface area contributed by atoms with Crippen LogP contribution in [0.4, 0.5) is 0 Å². The van der Waals surface area contributed by atoms with Gasteiger partial charge in [-0.15, -0.1) is 0 Å². The molecule has 30 heavy (non-hydrogen) atoms. The fraction of sp³-hybridized carbons (Fsp3) is 0.222. The molecule has 2 N–H and O–H groups in total. The van der Waals surface area contributed by atoms with Gasteiger partial charge >= 0.3 is 0 Å². The van der Waals surface area contributed by atoms with Crippen molar-refractivity contribution in [1.29, 1.82) is 0 Å². The lowest BCUT2D eigenvalue weighted by atomic mass is 9.86. The van der Waals surface area contributed by atoms with Crippen LogP contribution >= 0.6 is 63.7 Å². The third-order valence-corrected chi connectivity index (χ3v) is 9.22. The first kappa shape index (κ1) is 22.0. The van der Waals surface area contributed by atoms with E-state index in [9.17, 15) is 19.2 Å². The largest absolute Gasteiger partial charge is 0.302 e. The maximum atomic E-state index is 13.2. The smallest absolute Gasteiger partial charge is 0.263 e. The number of nitrogens with one attached hydrogen (secondary N) is 2. The number of hydrogen-bond acceptors (Lipinski definition) is 6. The van der Waals surface area contributed by atoms with E-state index in [4.69, 9.17) is 0 Å². The quantitative estimate of drug-likeness (QED) is 0.485. The van der Waals surface area contributed by atoms with Crippen LogP contribution in [0.1, 0.15) is 41.4 Å². The summed E-state index contributed by atoms with van der Waals surface area (Å²) >= 11 is 13.7. The van der Waals surface area contributed by atoms with Crippen LogP contribution in [0.15, 0.2) is 17.9 Å². The molecule has 4 rings (SSSR count). The van der Waals surface area contributed by atoms with Crippen LogP contribution in [0.2, 0.25) is 0 Å². The van der Waals surface area contributed by atoms with Gasteiger partial charge in [0.2, 0.25) is 0 Å². The van der Waals surface area contributed by atoms with Gasteiger partial charge in [0.05, 0.1) is 35.6 Å². The van der Waals surface area contributed by atoms with Crippen molar-refractivity contribution in [2.45, 2.75) is 0 Å². The van der Waals surface area contributed by atoms with Crippen molar-refractivity contribution in [2.75, 3.05) is 27.4 Å². The van der Waals surface area contributed by atoms with Crippen LogP contribution in [-0.4, -0.2) is 60.9 Å². The Hall–Kier alpha value is -1.18. The molecule has 0 aromatic heterocycles. The molecule has 0 saturated carbocycles. The van der Waals surface area contributed by atoms with Crippen LogP contribution in [-0.2, 0) is 0 Å². The average molecular weight is 668 g/mol. The first-order valence-electron chi connectivity index (χ1n) is 8.56. The second-order valence-corrected chi connectivity index (χ2v) is 9.78. The molecule has 0 saturated heterocycles. The van der Waals surface area contributed by atoms with Gasteiger partial charge in [-0.05, 0) is 77.8 Å². The topological polar surface area (TPSA) is 98.8 Å². The number of nitrogens with zero attached hydrogens (tertiary/aromatic N) is 2. The van der Waals surface area contributed by atoms with Gasteiger partial charge in [0.25, 0.3) is 23.6 Å². The van der Waals surface area contributed by atoms with Crippen molar-refractivity contribution < 1.29 is 19.2 Å². The molecule has 8 nitrogen and oxygen atoms in total. The number of hydrogen-bond donors (Lipinski definition) is 2. The zero-order chi connectivity index (χ0) is 22.1. The van der Waals surface area contributed by atoms with Gasteiger partial charge in [0, 0.05) is 28.7 Å². The number of carbonyl (C=O) groups is 4. The third-order valence-electron chi connectivity index (χ3n) is 4.98. The summed E-state index contributed by atoms with van der Waals surface area (Å²) in [5.41, 5.74) is 0.843. The molecule has 156 valence electrons. The molecule has 0 fully saturated rings. The van der Waals surface area contributed by atoms with E-state index in [1.54, 1.807) is 14.1 Å². The minimum absolute atomic E-state index is 0.00400. The molecule has 0 atom stereocenters. The molecular formula is C18H12Br4N4O4. The highest BCUT2D eigenvalue weighted by Crippen LogP contribution is 2.50. The molecule has 0 bridgehead atoms. The molecule has 2 heterocycles. The Labute approximate surface area is 204 Å². The number of halogens is 4. The normalized spacial score (nSPS) is 15.7. The van der Waals surface area contributed by atoms with Gasteiger partial charge in [0.15, 0.2) is 0 Å². The number of carbonyl (C=O) groups excluding carboxylic acids is 4. The summed E-state index contributed by atoms with van der Waals surface area (Å²) in [4.78, 5) is 55.1. The van der Waals surface area contributed by atoms with Gasteiger partial charge in [-0.1, -0.05) is 0 Å². The molecule has 2 aromatic carbocycles. The summed E-state index contributed by atoms with van der Waals surface area (Å²) in [6, 6.07) is 0. The number of amides is 4. The Morgan fingerprint density at radius 1 is 0.567 bits per heavy atom. The van der Waals surface area contributed by atoms with Crippen LogP contribution < -0.4 is 10.6 Å². The van der Waals surface area contributed by atoms with Crippen molar-refractivity contribution in [1.82, 2.24) is 20.4 Å². The highest BCUT2D eigenvalue weighted by Gasteiger charge is 2.44. The number of rotatable bonds is 4. The fourth-order valence-electron chi connectivity index (χ4n) is 3.76. The average Bonchev–Trinajstić information content (AvgIpc) is 2.70. The van der Waals surface area contributed by atoms with Gasteiger partial charge in [-0.25, -0.2) is 0 Å². The maximum absolute atomic E-state index is 13.2. The van der Waals surface area contributed by atoms with Gasteiger partial charge in [-0.3, -0.25) is 29.0 Å². The number of benzene rings is 2. The Kier molecular flexibility index (Phi) is 5.69. The van der Waals surface area contributed by atoms with Gasteiger partial charge in [-0.2, -0.15) is 0 Å². The molecule has 0 radical (unpaired) electrons. The summed E-state index contributed by atoms with van der Waals surface area (Å²) in [6.45, 7) is 0.00799. The molecule has 2 aliphatic rings. The van der Waals surface area contributed by atoms with E-state index in [1.165, 1.54) is 0 Å². The lowest BCUT2D eigenvalue weighted by Gasteiger charge is -2.34. The fourth-order valence-corrected chi connectivity index (χ4v) is 6.02. The van der Waals surface area contributed by atoms with Crippen LogP contribution in [0.25, 0.3) is 10.8 Å². The van der Waals surface area contributed by atoms with Gasteiger partial charge in [0.1, 0.15) is 0 Å². The second-order valence-electron chi connectivity index (χ2n) is 6.61. The first-order valence-corrected chi connectivity index (χ1v) is 11.7. The summed E-state index contributed by atoms with van der Waals surface area (Å²) in [5, 5.41) is 6.19. The number of imide groups is 2. The van der Waals surface area contributed by atoms with E-state index >= 15 is 0 Å².